The molecular formula is C13H14F2O2. The van der Waals surface area contributed by atoms with Crippen molar-refractivity contribution in [1.82, 2.24) is 0 Å². The van der Waals surface area contributed by atoms with Gasteiger partial charge < -0.3 is 9.84 Å². The van der Waals surface area contributed by atoms with Crippen LogP contribution in [0.25, 0.3) is 5.76 Å². The Hall–Kier alpha value is -1.58. The smallest absolute Gasteiger partial charge is 0.278 e. The number of alkyl halides is 2. The fraction of sp³-hybridized carbons (Fsp3) is 0.385. The molecule has 1 aromatic rings. The van der Waals surface area contributed by atoms with E-state index in [1.807, 2.05) is 0 Å². The van der Waals surface area contributed by atoms with Crippen molar-refractivity contribution in [2.75, 3.05) is 6.61 Å². The average Bonchev–Trinajstić information content (AvgIpc) is 3.09. The first-order chi connectivity index (χ1) is 7.96. The van der Waals surface area contributed by atoms with Gasteiger partial charge in [0.15, 0.2) is 6.61 Å². The van der Waals surface area contributed by atoms with Crippen LogP contribution in [0, 0.1) is 0 Å². The van der Waals surface area contributed by atoms with Gasteiger partial charge in [0, 0.05) is 12.5 Å². The minimum atomic E-state index is -2.84. The highest BCUT2D eigenvalue weighted by Gasteiger charge is 2.22. The molecule has 2 rings (SSSR count). The summed E-state index contributed by atoms with van der Waals surface area (Å²) in [5, 5.41) is 9.73. The minimum Gasteiger partial charge on any atom is -0.507 e. The summed E-state index contributed by atoms with van der Waals surface area (Å²) in [7, 11) is 0. The number of benzene rings is 1. The molecule has 0 saturated heterocycles. The average molecular weight is 240 g/mol. The molecule has 4 heteroatoms. The third-order valence-electron chi connectivity index (χ3n) is 2.45. The molecule has 0 atom stereocenters. The molecule has 0 spiro atoms. The van der Waals surface area contributed by atoms with E-state index >= 15 is 0 Å². The van der Waals surface area contributed by atoms with Crippen LogP contribution in [-0.2, 0) is 0 Å². The maximum absolute atomic E-state index is 12.6. The Bertz CT molecular complexity index is 424. The minimum absolute atomic E-state index is 0.303. The lowest BCUT2D eigenvalue weighted by molar-refractivity contribution is -0.0229. The maximum Gasteiger partial charge on any atom is 0.278 e. The van der Waals surface area contributed by atoms with Crippen molar-refractivity contribution < 1.29 is 18.6 Å². The summed E-state index contributed by atoms with van der Waals surface area (Å²) in [4.78, 5) is 0. The van der Waals surface area contributed by atoms with Crippen LogP contribution in [0.3, 0.4) is 0 Å². The fourth-order valence-corrected chi connectivity index (χ4v) is 1.42. The zero-order chi connectivity index (χ0) is 12.5. The Balaban J connectivity index is 2.01. The van der Waals surface area contributed by atoms with Gasteiger partial charge in [0.1, 0.15) is 11.5 Å². The first kappa shape index (κ1) is 11.9. The van der Waals surface area contributed by atoms with Gasteiger partial charge in [-0.2, -0.15) is 0 Å². The van der Waals surface area contributed by atoms with Crippen molar-refractivity contribution >= 4 is 5.76 Å². The number of hydrogen-bond donors (Lipinski definition) is 1. The summed E-state index contributed by atoms with van der Waals surface area (Å²) in [6.07, 6.45) is 1.87. The van der Waals surface area contributed by atoms with Crippen molar-refractivity contribution in [3.05, 3.63) is 35.4 Å². The number of aliphatic hydroxyl groups is 1. The van der Waals surface area contributed by atoms with Crippen LogP contribution in [0.2, 0.25) is 0 Å². The van der Waals surface area contributed by atoms with E-state index < -0.39 is 12.5 Å². The lowest BCUT2D eigenvalue weighted by Gasteiger charge is -2.12. The highest BCUT2D eigenvalue weighted by molar-refractivity contribution is 5.65. The largest absolute Gasteiger partial charge is 0.507 e. The number of rotatable bonds is 4. The van der Waals surface area contributed by atoms with Crippen LogP contribution in [0.15, 0.2) is 29.8 Å². The van der Waals surface area contributed by atoms with Gasteiger partial charge in [-0.25, -0.2) is 8.78 Å². The van der Waals surface area contributed by atoms with Gasteiger partial charge >= 0.3 is 0 Å². The third-order valence-corrected chi connectivity index (χ3v) is 2.45. The summed E-state index contributed by atoms with van der Waals surface area (Å²) >= 11 is 0. The molecule has 0 unspecified atom stereocenters. The van der Waals surface area contributed by atoms with Crippen LogP contribution in [0.5, 0.6) is 5.75 Å². The monoisotopic (exact) mass is 240 g/mol. The molecule has 0 bridgehead atoms. The van der Waals surface area contributed by atoms with E-state index in [0.29, 0.717) is 17.1 Å². The summed E-state index contributed by atoms with van der Waals surface area (Å²) in [6, 6.07) is 6.51. The van der Waals surface area contributed by atoms with Crippen LogP contribution in [0.4, 0.5) is 8.78 Å². The molecule has 0 radical (unpaired) electrons. The molecular weight excluding hydrogens is 226 g/mol. The summed E-state index contributed by atoms with van der Waals surface area (Å²) in [6.45, 7) is 0.171. The van der Waals surface area contributed by atoms with Gasteiger partial charge in [0.25, 0.3) is 5.92 Å². The number of ether oxygens (including phenoxy) is 1. The number of allylic oxidation sites excluding steroid dienone is 1. The second kappa shape index (κ2) is 4.35. The Kier molecular flexibility index (Phi) is 3.05. The predicted molar refractivity (Wildman–Crippen MR) is 61.3 cm³/mol. The van der Waals surface area contributed by atoms with Crippen LogP contribution in [0.1, 0.15) is 25.3 Å². The molecule has 0 aromatic heterocycles. The quantitative estimate of drug-likeness (QED) is 0.811. The number of hydrogen-bond acceptors (Lipinski definition) is 2. The van der Waals surface area contributed by atoms with E-state index in [-0.39, 0.29) is 0 Å². The summed E-state index contributed by atoms with van der Waals surface area (Å²) < 4.78 is 30.0. The van der Waals surface area contributed by atoms with E-state index in [1.165, 1.54) is 0 Å². The molecule has 0 amide bonds. The van der Waals surface area contributed by atoms with Crippen molar-refractivity contribution in [2.45, 2.75) is 25.7 Å². The molecule has 1 aliphatic carbocycles. The van der Waals surface area contributed by atoms with E-state index in [0.717, 1.165) is 25.3 Å². The van der Waals surface area contributed by atoms with Gasteiger partial charge in [-0.15, -0.1) is 0 Å². The Morgan fingerprint density at radius 1 is 1.29 bits per heavy atom. The van der Waals surface area contributed by atoms with Gasteiger partial charge in [-0.05, 0) is 42.7 Å². The fourth-order valence-electron chi connectivity index (χ4n) is 1.42. The second-order valence-electron chi connectivity index (χ2n) is 4.34. The molecule has 0 heterocycles. The van der Waals surface area contributed by atoms with Gasteiger partial charge in [0.2, 0.25) is 0 Å². The topological polar surface area (TPSA) is 29.5 Å². The van der Waals surface area contributed by atoms with Gasteiger partial charge in [0.05, 0.1) is 0 Å². The van der Waals surface area contributed by atoms with E-state index in [1.54, 1.807) is 24.3 Å². The predicted octanol–water partition coefficient (Wildman–Crippen LogP) is 3.78. The maximum atomic E-state index is 12.6. The second-order valence-corrected chi connectivity index (χ2v) is 4.34. The van der Waals surface area contributed by atoms with Gasteiger partial charge in [-0.3, -0.25) is 0 Å². The van der Waals surface area contributed by atoms with Crippen molar-refractivity contribution in [3.63, 3.8) is 0 Å². The molecule has 92 valence electrons. The lowest BCUT2D eigenvalue weighted by atomic mass is 10.1. The molecule has 1 N–H and O–H groups in total. The molecule has 1 aliphatic rings. The van der Waals surface area contributed by atoms with Crippen LogP contribution < -0.4 is 4.74 Å². The molecule has 0 aliphatic heterocycles. The number of aliphatic hydroxyl groups excluding tert-OH is 1. The van der Waals surface area contributed by atoms with Crippen molar-refractivity contribution in [1.29, 1.82) is 0 Å². The number of halogens is 2. The van der Waals surface area contributed by atoms with Crippen molar-refractivity contribution in [3.8, 4) is 5.75 Å². The van der Waals surface area contributed by atoms with Crippen LogP contribution in [-0.4, -0.2) is 17.6 Å². The normalized spacial score (nSPS) is 14.6. The lowest BCUT2D eigenvalue weighted by Crippen LogP contribution is -2.20. The highest BCUT2D eigenvalue weighted by atomic mass is 19.3. The van der Waals surface area contributed by atoms with E-state index in [2.05, 4.69) is 0 Å². The third kappa shape index (κ3) is 3.44. The molecule has 17 heavy (non-hydrogen) atoms. The Morgan fingerprint density at radius 3 is 2.35 bits per heavy atom. The molecule has 2 nitrogen and oxygen atoms in total. The summed E-state index contributed by atoms with van der Waals surface area (Å²) in [5.41, 5.74) is 1.74. The Morgan fingerprint density at radius 2 is 1.88 bits per heavy atom. The van der Waals surface area contributed by atoms with Gasteiger partial charge in [-0.1, -0.05) is 0 Å². The van der Waals surface area contributed by atoms with E-state index in [4.69, 9.17) is 4.74 Å². The standard InChI is InChI=1S/C13H14F2O2/c1-13(14,15)8-17-11-6-4-10(5-7-11)12(16)9-2-3-9/h4-7,16H,2-3,8H2,1H3. The zero-order valence-corrected chi connectivity index (χ0v) is 9.54. The molecule has 1 saturated carbocycles. The first-order valence-electron chi connectivity index (χ1n) is 5.48. The molecule has 1 aromatic carbocycles. The highest BCUT2D eigenvalue weighted by Crippen LogP contribution is 2.35. The Labute approximate surface area is 98.5 Å². The van der Waals surface area contributed by atoms with Crippen molar-refractivity contribution in [2.24, 2.45) is 0 Å². The first-order valence-corrected chi connectivity index (χ1v) is 5.48. The summed E-state index contributed by atoms with van der Waals surface area (Å²) in [5.74, 6) is -2.15. The zero-order valence-electron chi connectivity index (χ0n) is 9.54. The van der Waals surface area contributed by atoms with E-state index in [9.17, 15) is 13.9 Å². The van der Waals surface area contributed by atoms with Crippen LogP contribution >= 0.6 is 0 Å². The molecule has 1 fully saturated rings. The SMILES string of the molecule is CC(F)(F)COc1ccc(C(O)=C2CC2)cc1.